The minimum Gasteiger partial charge on any atom is -0.493 e. The molecular formula is C23H17Cl3N2O5. The van der Waals surface area contributed by atoms with Crippen LogP contribution in [0.15, 0.2) is 65.8 Å². The molecule has 1 N–H and O–H groups in total. The van der Waals surface area contributed by atoms with Crippen LogP contribution in [0.2, 0.25) is 15.1 Å². The van der Waals surface area contributed by atoms with Crippen LogP contribution in [-0.4, -0.2) is 31.8 Å². The first kappa shape index (κ1) is 24.4. The van der Waals surface area contributed by atoms with Crippen molar-refractivity contribution in [1.82, 2.24) is 5.43 Å². The number of hydrogen-bond donors (Lipinski definition) is 1. The van der Waals surface area contributed by atoms with Crippen LogP contribution < -0.4 is 19.6 Å². The molecule has 7 nitrogen and oxygen atoms in total. The second kappa shape index (κ2) is 11.6. The number of halogens is 3. The van der Waals surface area contributed by atoms with Crippen LogP contribution in [0.25, 0.3) is 0 Å². The van der Waals surface area contributed by atoms with Crippen molar-refractivity contribution in [3.63, 3.8) is 0 Å². The van der Waals surface area contributed by atoms with E-state index in [1.807, 2.05) is 0 Å². The molecule has 3 aromatic carbocycles. The summed E-state index contributed by atoms with van der Waals surface area (Å²) in [6, 6.07) is 15.9. The molecule has 0 spiro atoms. The van der Waals surface area contributed by atoms with Crippen LogP contribution in [0.1, 0.15) is 15.9 Å². The van der Waals surface area contributed by atoms with Crippen LogP contribution in [-0.2, 0) is 4.79 Å². The minimum atomic E-state index is -0.664. The van der Waals surface area contributed by atoms with E-state index in [0.29, 0.717) is 21.4 Å². The van der Waals surface area contributed by atoms with Crippen molar-refractivity contribution in [3.8, 4) is 17.2 Å². The van der Waals surface area contributed by atoms with E-state index < -0.39 is 11.9 Å². The van der Waals surface area contributed by atoms with Gasteiger partial charge < -0.3 is 14.2 Å². The smallest absolute Gasteiger partial charge is 0.345 e. The van der Waals surface area contributed by atoms with Gasteiger partial charge in [-0.15, -0.1) is 0 Å². The van der Waals surface area contributed by atoms with E-state index in [-0.39, 0.29) is 28.7 Å². The molecule has 0 radical (unpaired) electrons. The molecule has 3 aromatic rings. The third-order valence-electron chi connectivity index (χ3n) is 4.11. The standard InChI is InChI=1S/C23H17Cl3N2O5/c1-31-21-9-14(12-27-28-22(29)13-32-17-4-2-3-15(24)10-17)5-8-20(21)33-23(30)18-7-6-16(25)11-19(18)26/h2-12H,13H2,1H3,(H,28,29). The molecule has 0 aromatic heterocycles. The topological polar surface area (TPSA) is 86.2 Å². The molecule has 0 bridgehead atoms. The SMILES string of the molecule is COc1cc(C=NNC(=O)COc2cccc(Cl)c2)ccc1OC(=O)c1ccc(Cl)cc1Cl. The average Bonchev–Trinajstić information content (AvgIpc) is 2.78. The van der Waals surface area contributed by atoms with E-state index in [4.69, 9.17) is 49.0 Å². The third-order valence-corrected chi connectivity index (χ3v) is 4.89. The zero-order valence-electron chi connectivity index (χ0n) is 17.2. The lowest BCUT2D eigenvalue weighted by Crippen LogP contribution is -2.24. The van der Waals surface area contributed by atoms with Crippen LogP contribution in [0.3, 0.4) is 0 Å². The van der Waals surface area contributed by atoms with Crippen molar-refractivity contribution in [2.24, 2.45) is 5.10 Å². The summed E-state index contributed by atoms with van der Waals surface area (Å²) in [6.07, 6.45) is 1.40. The van der Waals surface area contributed by atoms with Crippen molar-refractivity contribution >= 4 is 52.9 Å². The predicted octanol–water partition coefficient (Wildman–Crippen LogP) is 5.40. The Hall–Kier alpha value is -3.26. The van der Waals surface area contributed by atoms with E-state index in [9.17, 15) is 9.59 Å². The number of ether oxygens (including phenoxy) is 3. The number of amides is 1. The minimum absolute atomic E-state index is 0.163. The number of methoxy groups -OCH3 is 1. The first-order valence-corrected chi connectivity index (χ1v) is 10.5. The number of carbonyl (C=O) groups is 2. The van der Waals surface area contributed by atoms with Crippen molar-refractivity contribution in [1.29, 1.82) is 0 Å². The molecule has 170 valence electrons. The first-order chi connectivity index (χ1) is 15.9. The Bertz CT molecular complexity index is 1200. The van der Waals surface area contributed by atoms with Crippen LogP contribution in [0, 0.1) is 0 Å². The highest BCUT2D eigenvalue weighted by molar-refractivity contribution is 6.36. The largest absolute Gasteiger partial charge is 0.493 e. The maximum absolute atomic E-state index is 12.4. The highest BCUT2D eigenvalue weighted by Gasteiger charge is 2.16. The van der Waals surface area contributed by atoms with Crippen LogP contribution in [0.4, 0.5) is 0 Å². The molecule has 0 saturated heterocycles. The van der Waals surface area contributed by atoms with Gasteiger partial charge in [-0.25, -0.2) is 10.2 Å². The monoisotopic (exact) mass is 506 g/mol. The summed E-state index contributed by atoms with van der Waals surface area (Å²) in [7, 11) is 1.43. The maximum atomic E-state index is 12.4. The number of esters is 1. The van der Waals surface area contributed by atoms with Crippen molar-refractivity contribution in [2.75, 3.05) is 13.7 Å². The van der Waals surface area contributed by atoms with Gasteiger partial charge in [0, 0.05) is 10.0 Å². The van der Waals surface area contributed by atoms with E-state index in [0.717, 1.165) is 0 Å². The van der Waals surface area contributed by atoms with Gasteiger partial charge in [0.05, 0.1) is 23.9 Å². The lowest BCUT2D eigenvalue weighted by atomic mass is 10.2. The van der Waals surface area contributed by atoms with E-state index >= 15 is 0 Å². The number of nitrogens with zero attached hydrogens (tertiary/aromatic N) is 1. The Balaban J connectivity index is 1.59. The molecule has 0 aliphatic rings. The fourth-order valence-electron chi connectivity index (χ4n) is 2.58. The number of benzene rings is 3. The summed E-state index contributed by atoms with van der Waals surface area (Å²) in [6.45, 7) is -0.233. The quantitative estimate of drug-likeness (QED) is 0.191. The Morgan fingerprint density at radius 2 is 1.76 bits per heavy atom. The van der Waals surface area contributed by atoms with Gasteiger partial charge in [0.2, 0.25) is 0 Å². The summed E-state index contributed by atoms with van der Waals surface area (Å²) >= 11 is 17.8. The zero-order valence-corrected chi connectivity index (χ0v) is 19.4. The Kier molecular flexibility index (Phi) is 8.54. The zero-order chi connectivity index (χ0) is 23.8. The number of nitrogens with one attached hydrogen (secondary N) is 1. The lowest BCUT2D eigenvalue weighted by molar-refractivity contribution is -0.123. The van der Waals surface area contributed by atoms with Gasteiger partial charge in [0.1, 0.15) is 5.75 Å². The van der Waals surface area contributed by atoms with Crippen LogP contribution in [0.5, 0.6) is 17.2 Å². The van der Waals surface area contributed by atoms with Crippen LogP contribution >= 0.6 is 34.8 Å². The molecular weight excluding hydrogens is 491 g/mol. The molecule has 33 heavy (non-hydrogen) atoms. The first-order valence-electron chi connectivity index (χ1n) is 9.41. The molecule has 0 unspecified atom stereocenters. The van der Waals surface area contributed by atoms with E-state index in [2.05, 4.69) is 10.5 Å². The predicted molar refractivity (Wildman–Crippen MR) is 127 cm³/mol. The van der Waals surface area contributed by atoms with Crippen molar-refractivity contribution in [2.45, 2.75) is 0 Å². The highest BCUT2D eigenvalue weighted by Crippen LogP contribution is 2.30. The maximum Gasteiger partial charge on any atom is 0.345 e. The molecule has 0 heterocycles. The second-order valence-electron chi connectivity index (χ2n) is 6.46. The second-order valence-corrected chi connectivity index (χ2v) is 7.74. The highest BCUT2D eigenvalue weighted by atomic mass is 35.5. The van der Waals surface area contributed by atoms with Gasteiger partial charge in [-0.05, 0) is 60.2 Å². The molecule has 0 aliphatic carbocycles. The molecule has 1 amide bonds. The van der Waals surface area contributed by atoms with E-state index in [1.54, 1.807) is 36.4 Å². The average molecular weight is 508 g/mol. The van der Waals surface area contributed by atoms with Crippen molar-refractivity contribution in [3.05, 3.63) is 86.9 Å². The third kappa shape index (κ3) is 7.12. The summed E-state index contributed by atoms with van der Waals surface area (Å²) in [5, 5.41) is 4.96. The fraction of sp³-hybridized carbons (Fsp3) is 0.0870. The lowest BCUT2D eigenvalue weighted by Gasteiger charge is -2.10. The number of hydrazone groups is 1. The molecule has 0 fully saturated rings. The van der Waals surface area contributed by atoms with Gasteiger partial charge >= 0.3 is 5.97 Å². The van der Waals surface area contributed by atoms with Gasteiger partial charge in [-0.1, -0.05) is 40.9 Å². The Morgan fingerprint density at radius 1 is 0.970 bits per heavy atom. The van der Waals surface area contributed by atoms with Crippen molar-refractivity contribution < 1.29 is 23.8 Å². The summed E-state index contributed by atoms with van der Waals surface area (Å²) in [5.41, 5.74) is 3.11. The number of rotatable bonds is 8. The molecule has 3 rings (SSSR count). The molecule has 0 atom stereocenters. The van der Waals surface area contributed by atoms with Gasteiger partial charge in [-0.3, -0.25) is 4.79 Å². The number of hydrogen-bond acceptors (Lipinski definition) is 6. The Labute approximate surface area is 204 Å². The normalized spacial score (nSPS) is 10.7. The van der Waals surface area contributed by atoms with E-state index in [1.165, 1.54) is 37.6 Å². The molecule has 0 saturated carbocycles. The Morgan fingerprint density at radius 3 is 2.48 bits per heavy atom. The summed E-state index contributed by atoms with van der Waals surface area (Å²) < 4.78 is 16.0. The summed E-state index contributed by atoms with van der Waals surface area (Å²) in [4.78, 5) is 24.3. The summed E-state index contributed by atoms with van der Waals surface area (Å²) in [5.74, 6) is -0.180. The molecule has 0 aliphatic heterocycles. The van der Waals surface area contributed by atoms with Gasteiger partial charge in [0.25, 0.3) is 5.91 Å². The van der Waals surface area contributed by atoms with Gasteiger partial charge in [0.15, 0.2) is 18.1 Å². The van der Waals surface area contributed by atoms with Gasteiger partial charge in [-0.2, -0.15) is 5.10 Å². The fourth-order valence-corrected chi connectivity index (χ4v) is 3.24. The number of carbonyl (C=O) groups excluding carboxylic acids is 2. The molecule has 10 heteroatoms.